The van der Waals surface area contributed by atoms with Crippen molar-refractivity contribution in [3.63, 3.8) is 0 Å². The number of methoxy groups -OCH3 is 2. The summed E-state index contributed by atoms with van der Waals surface area (Å²) < 4.78 is 30.5. The number of fused-ring (bicyclic) bond motifs is 4. The molecular weight excluding hydrogens is 557 g/mol. The predicted octanol–water partition coefficient (Wildman–Crippen LogP) is 5.99. The number of carbonyl (C=O) groups excluding carboxylic acids is 1. The molecule has 2 saturated carbocycles. The standard InChI is InChI=1S/C35H36FN5O3/c1-39-33-27(12-23(15-31(33)44-3)35(42)41-18-22-8-11-28(41)32(22)37)38-34(39)30-14-21-7-6-20(13-29(21)40(30)17-19-4-5-19)25-10-9-24(43-2)16-26(25)36/h6-7,9-10,12-16,19,22,28,32H,4-5,8,11,17-18,37H2,1-3H3/t22?,28?,32-/m1/s1. The number of aromatic nitrogens is 3. The van der Waals surface area contributed by atoms with Crippen molar-refractivity contribution in [3.8, 4) is 34.1 Å². The van der Waals surface area contributed by atoms with Crippen LogP contribution in [0.15, 0.2) is 54.6 Å². The van der Waals surface area contributed by atoms with Crippen molar-refractivity contribution >= 4 is 27.8 Å². The van der Waals surface area contributed by atoms with Gasteiger partial charge in [0.25, 0.3) is 5.91 Å². The number of nitrogens with two attached hydrogens (primary N) is 1. The van der Waals surface area contributed by atoms with Crippen molar-refractivity contribution in [2.45, 2.75) is 44.3 Å². The summed E-state index contributed by atoms with van der Waals surface area (Å²) in [5, 5.41) is 1.06. The van der Waals surface area contributed by atoms with Gasteiger partial charge in [0, 0.05) is 60.3 Å². The smallest absolute Gasteiger partial charge is 0.254 e. The summed E-state index contributed by atoms with van der Waals surface area (Å²) in [6, 6.07) is 17.1. The molecule has 3 aliphatic rings. The summed E-state index contributed by atoms with van der Waals surface area (Å²) in [5.74, 6) is 2.54. The topological polar surface area (TPSA) is 87.5 Å². The van der Waals surface area contributed by atoms with Gasteiger partial charge in [0.15, 0.2) is 5.82 Å². The molecule has 9 heteroatoms. The van der Waals surface area contributed by atoms with Gasteiger partial charge in [-0.15, -0.1) is 0 Å². The number of benzene rings is 3. The van der Waals surface area contributed by atoms with Gasteiger partial charge in [-0.05, 0) is 79.5 Å². The molecule has 1 aliphatic heterocycles. The van der Waals surface area contributed by atoms with Crippen molar-refractivity contribution in [1.82, 2.24) is 19.0 Å². The van der Waals surface area contributed by atoms with Crippen LogP contribution >= 0.6 is 0 Å². The van der Waals surface area contributed by atoms with Crippen LogP contribution in [0.1, 0.15) is 36.0 Å². The number of ether oxygens (including phenoxy) is 2. The molecule has 44 heavy (non-hydrogen) atoms. The average molecular weight is 594 g/mol. The predicted molar refractivity (Wildman–Crippen MR) is 168 cm³/mol. The highest BCUT2D eigenvalue weighted by molar-refractivity contribution is 6.00. The van der Waals surface area contributed by atoms with Crippen molar-refractivity contribution in [2.75, 3.05) is 20.8 Å². The largest absolute Gasteiger partial charge is 0.497 e. The molecule has 226 valence electrons. The Bertz CT molecular complexity index is 1960. The van der Waals surface area contributed by atoms with Crippen molar-refractivity contribution in [3.05, 3.63) is 66.0 Å². The lowest BCUT2D eigenvalue weighted by Gasteiger charge is -2.27. The Morgan fingerprint density at radius 3 is 2.55 bits per heavy atom. The maximum Gasteiger partial charge on any atom is 0.254 e. The molecule has 1 amide bonds. The molecule has 3 fully saturated rings. The molecule has 8 rings (SSSR count). The van der Waals surface area contributed by atoms with Crippen LogP contribution in [0.4, 0.5) is 4.39 Å². The minimum absolute atomic E-state index is 0.0128. The Kier molecular flexibility index (Phi) is 6.24. The fraction of sp³-hybridized carbons (Fsp3) is 0.371. The van der Waals surface area contributed by atoms with Crippen LogP contribution in [0.5, 0.6) is 11.5 Å². The average Bonchev–Trinajstić information content (AvgIpc) is 3.44. The Labute approximate surface area is 255 Å². The lowest BCUT2D eigenvalue weighted by atomic mass is 10.0. The first kappa shape index (κ1) is 27.2. The second-order valence-electron chi connectivity index (χ2n) is 12.7. The molecule has 3 aromatic carbocycles. The van der Waals surface area contributed by atoms with Gasteiger partial charge in [0.1, 0.15) is 22.8 Å². The number of rotatable bonds is 7. The minimum Gasteiger partial charge on any atom is -0.497 e. The highest BCUT2D eigenvalue weighted by atomic mass is 19.1. The number of nitrogens with zero attached hydrogens (tertiary/aromatic N) is 4. The first-order chi connectivity index (χ1) is 21.3. The zero-order valence-electron chi connectivity index (χ0n) is 25.2. The number of aryl methyl sites for hydroxylation is 1. The van der Waals surface area contributed by atoms with E-state index in [-0.39, 0.29) is 23.8 Å². The molecule has 5 aromatic rings. The monoisotopic (exact) mass is 593 g/mol. The second-order valence-corrected chi connectivity index (χ2v) is 12.7. The van der Waals surface area contributed by atoms with Crippen molar-refractivity contribution in [1.29, 1.82) is 0 Å². The zero-order valence-corrected chi connectivity index (χ0v) is 25.2. The maximum atomic E-state index is 15.1. The van der Waals surface area contributed by atoms with Gasteiger partial charge >= 0.3 is 0 Å². The van der Waals surface area contributed by atoms with E-state index in [4.69, 9.17) is 20.2 Å². The molecule has 3 heterocycles. The molecule has 1 saturated heterocycles. The summed E-state index contributed by atoms with van der Waals surface area (Å²) in [5.41, 5.74) is 11.9. The zero-order chi connectivity index (χ0) is 30.3. The number of hydrogen-bond acceptors (Lipinski definition) is 5. The van der Waals surface area contributed by atoms with Gasteiger partial charge in [-0.1, -0.05) is 12.1 Å². The van der Waals surface area contributed by atoms with Gasteiger partial charge in [0.2, 0.25) is 0 Å². The van der Waals surface area contributed by atoms with Crippen LogP contribution in [0, 0.1) is 17.7 Å². The first-order valence-electron chi connectivity index (χ1n) is 15.4. The van der Waals surface area contributed by atoms with E-state index in [1.807, 2.05) is 30.1 Å². The third kappa shape index (κ3) is 4.20. The molecule has 0 radical (unpaired) electrons. The molecule has 2 aromatic heterocycles. The summed E-state index contributed by atoms with van der Waals surface area (Å²) in [7, 11) is 5.16. The SMILES string of the molecule is COc1ccc(-c2ccc3cc(-c4nc5cc(C(=O)N6CC7CCC6[C@@H]7N)cc(OC)c5n4C)n(CC4CC4)c3c2)c(F)c1. The van der Waals surface area contributed by atoms with Gasteiger partial charge in [-0.3, -0.25) is 4.79 Å². The summed E-state index contributed by atoms with van der Waals surface area (Å²) in [6.07, 6.45) is 4.43. The van der Waals surface area contributed by atoms with Crippen LogP contribution in [-0.2, 0) is 13.6 Å². The van der Waals surface area contributed by atoms with Crippen LogP contribution in [0.2, 0.25) is 0 Å². The number of hydrogen-bond donors (Lipinski definition) is 1. The summed E-state index contributed by atoms with van der Waals surface area (Å²) in [6.45, 7) is 1.57. The van der Waals surface area contributed by atoms with E-state index in [1.165, 1.54) is 26.0 Å². The molecular formula is C35H36FN5O3. The normalized spacial score (nSPS) is 21.1. The Morgan fingerprint density at radius 2 is 1.86 bits per heavy atom. The highest BCUT2D eigenvalue weighted by Crippen LogP contribution is 2.41. The second kappa shape index (κ2) is 10.1. The molecule has 2 bridgehead atoms. The Balaban J connectivity index is 1.24. The van der Waals surface area contributed by atoms with E-state index >= 15 is 4.39 Å². The molecule has 2 aliphatic carbocycles. The number of carbonyl (C=O) groups is 1. The molecule has 0 spiro atoms. The van der Waals surface area contributed by atoms with Gasteiger partial charge < -0.3 is 29.2 Å². The first-order valence-corrected chi connectivity index (χ1v) is 15.4. The Hall–Kier alpha value is -4.37. The Morgan fingerprint density at radius 1 is 1.02 bits per heavy atom. The van der Waals surface area contributed by atoms with E-state index in [2.05, 4.69) is 27.3 Å². The highest BCUT2D eigenvalue weighted by Gasteiger charge is 2.47. The lowest BCUT2D eigenvalue weighted by Crippen LogP contribution is -2.41. The van der Waals surface area contributed by atoms with Crippen molar-refractivity contribution in [2.24, 2.45) is 24.6 Å². The fourth-order valence-electron chi connectivity index (χ4n) is 7.49. The number of likely N-dealkylation sites (tertiary alicyclic amines) is 1. The molecule has 2 unspecified atom stereocenters. The van der Waals surface area contributed by atoms with E-state index in [0.29, 0.717) is 46.5 Å². The number of imidazole rings is 1. The molecule has 8 nitrogen and oxygen atoms in total. The van der Waals surface area contributed by atoms with E-state index in [1.54, 1.807) is 19.2 Å². The number of piperidine rings is 1. The summed E-state index contributed by atoms with van der Waals surface area (Å²) in [4.78, 5) is 20.8. The third-order valence-corrected chi connectivity index (χ3v) is 10.1. The van der Waals surface area contributed by atoms with Crippen LogP contribution in [0.3, 0.4) is 0 Å². The molecule has 2 N–H and O–H groups in total. The summed E-state index contributed by atoms with van der Waals surface area (Å²) >= 11 is 0. The van der Waals surface area contributed by atoms with Gasteiger partial charge in [0.05, 0.1) is 25.4 Å². The quantitative estimate of drug-likeness (QED) is 0.251. The van der Waals surface area contributed by atoms with Gasteiger partial charge in [-0.2, -0.15) is 0 Å². The van der Waals surface area contributed by atoms with Crippen LogP contribution in [0.25, 0.3) is 44.6 Å². The minimum atomic E-state index is -0.319. The lowest BCUT2D eigenvalue weighted by molar-refractivity contribution is 0.0700. The van der Waals surface area contributed by atoms with E-state index in [9.17, 15) is 4.79 Å². The van der Waals surface area contributed by atoms with Crippen LogP contribution < -0.4 is 15.2 Å². The maximum absolute atomic E-state index is 15.1. The number of amides is 1. The third-order valence-electron chi connectivity index (χ3n) is 10.1. The van der Waals surface area contributed by atoms with E-state index in [0.717, 1.165) is 52.9 Å². The number of halogens is 1. The van der Waals surface area contributed by atoms with E-state index < -0.39 is 0 Å². The van der Waals surface area contributed by atoms with Crippen LogP contribution in [-0.4, -0.2) is 57.8 Å². The van der Waals surface area contributed by atoms with Crippen molar-refractivity contribution < 1.29 is 18.7 Å². The van der Waals surface area contributed by atoms with Gasteiger partial charge in [-0.25, -0.2) is 9.37 Å². The fourth-order valence-corrected chi connectivity index (χ4v) is 7.49. The molecule has 3 atom stereocenters.